The molecule has 2 aliphatic rings. The van der Waals surface area contributed by atoms with E-state index >= 15 is 0 Å². The number of likely N-dealkylation sites (tertiary alicyclic amines) is 1. The average Bonchev–Trinajstić information content (AvgIpc) is 3.51. The lowest BCUT2D eigenvalue weighted by Crippen LogP contribution is -2.35. The maximum Gasteiger partial charge on any atom is 0.405 e. The first-order valence-corrected chi connectivity index (χ1v) is 13.4. The van der Waals surface area contributed by atoms with Gasteiger partial charge in [-0.2, -0.15) is 4.31 Å². The molecule has 0 radical (unpaired) electrons. The molecule has 0 aliphatic carbocycles. The summed E-state index contributed by atoms with van der Waals surface area (Å²) in [6, 6.07) is 9.28. The van der Waals surface area contributed by atoms with Gasteiger partial charge in [0.2, 0.25) is 0 Å². The number of rotatable bonds is 7. The third-order valence-corrected chi connectivity index (χ3v) is 9.51. The molecule has 5 rings (SSSR count). The van der Waals surface area contributed by atoms with Crippen LogP contribution in [0.25, 0.3) is 4.96 Å². The Kier molecular flexibility index (Phi) is 6.08. The molecule has 0 saturated carbocycles. The minimum absolute atomic E-state index is 0.0124. The smallest absolute Gasteiger partial charge is 0.405 e. The van der Waals surface area contributed by atoms with Gasteiger partial charge >= 0.3 is 6.09 Å². The summed E-state index contributed by atoms with van der Waals surface area (Å²) >= 11 is 7.53. The number of thiazole rings is 1. The molecule has 12 heteroatoms. The van der Waals surface area contributed by atoms with Crippen LogP contribution in [-0.2, 0) is 10.0 Å². The first kappa shape index (κ1) is 22.6. The molecule has 4 heterocycles. The molecule has 2 aromatic heterocycles. The van der Waals surface area contributed by atoms with Crippen LogP contribution in [0.2, 0.25) is 5.15 Å². The topological polar surface area (TPSA) is 107 Å². The highest BCUT2D eigenvalue weighted by Gasteiger charge is 2.45. The van der Waals surface area contributed by atoms with Crippen LogP contribution in [0.4, 0.5) is 4.79 Å². The van der Waals surface area contributed by atoms with E-state index in [9.17, 15) is 18.3 Å². The molecular formula is C21H24ClN5O4S2. The Morgan fingerprint density at radius 2 is 1.91 bits per heavy atom. The van der Waals surface area contributed by atoms with Crippen LogP contribution >= 0.6 is 22.9 Å². The largest absolute Gasteiger partial charge is 0.465 e. The maximum atomic E-state index is 13.3. The van der Waals surface area contributed by atoms with Gasteiger partial charge in [-0.25, -0.2) is 18.2 Å². The highest BCUT2D eigenvalue weighted by molar-refractivity contribution is 7.89. The summed E-state index contributed by atoms with van der Waals surface area (Å²) < 4.78 is 29.7. The second-order valence-corrected chi connectivity index (χ2v) is 11.7. The van der Waals surface area contributed by atoms with E-state index in [0.717, 1.165) is 25.2 Å². The van der Waals surface area contributed by atoms with E-state index in [0.29, 0.717) is 24.5 Å². The van der Waals surface area contributed by atoms with Gasteiger partial charge in [0.25, 0.3) is 10.0 Å². The van der Waals surface area contributed by atoms with Gasteiger partial charge < -0.3 is 15.3 Å². The molecule has 176 valence electrons. The second kappa shape index (κ2) is 8.88. The molecule has 2 saturated heterocycles. The van der Waals surface area contributed by atoms with Gasteiger partial charge in [0.05, 0.1) is 6.04 Å². The second-order valence-electron chi connectivity index (χ2n) is 8.57. The Bertz CT molecular complexity index is 1250. The number of carboxylic acid groups (broad SMARTS) is 1. The van der Waals surface area contributed by atoms with Crippen molar-refractivity contribution in [3.8, 4) is 0 Å². The van der Waals surface area contributed by atoms with Crippen molar-refractivity contribution in [1.29, 1.82) is 0 Å². The third-order valence-electron chi connectivity index (χ3n) is 6.52. The fourth-order valence-corrected chi connectivity index (χ4v) is 7.95. The lowest BCUT2D eigenvalue weighted by molar-refractivity contribution is 0.187. The van der Waals surface area contributed by atoms with Crippen molar-refractivity contribution in [3.63, 3.8) is 0 Å². The molecular weight excluding hydrogens is 486 g/mol. The number of nitrogens with one attached hydrogen (secondary N) is 1. The summed E-state index contributed by atoms with van der Waals surface area (Å²) in [7, 11) is -3.74. The van der Waals surface area contributed by atoms with Crippen molar-refractivity contribution in [3.05, 3.63) is 52.6 Å². The average molecular weight is 510 g/mol. The number of carbonyl (C=O) groups is 1. The van der Waals surface area contributed by atoms with Gasteiger partial charge in [0, 0.05) is 44.3 Å². The Balaban J connectivity index is 1.22. The first-order valence-electron chi connectivity index (χ1n) is 10.7. The molecule has 1 amide bonds. The van der Waals surface area contributed by atoms with Gasteiger partial charge in [-0.1, -0.05) is 41.9 Å². The van der Waals surface area contributed by atoms with Crippen LogP contribution in [0.15, 0.2) is 46.9 Å². The van der Waals surface area contributed by atoms with Crippen molar-refractivity contribution in [2.24, 2.45) is 11.8 Å². The van der Waals surface area contributed by atoms with Gasteiger partial charge in [-0.15, -0.1) is 11.3 Å². The summed E-state index contributed by atoms with van der Waals surface area (Å²) in [5.41, 5.74) is 0.939. The lowest BCUT2D eigenvalue weighted by atomic mass is 10.0. The summed E-state index contributed by atoms with van der Waals surface area (Å²) in [6.07, 6.45) is 1.29. The maximum absolute atomic E-state index is 13.3. The number of halogens is 1. The minimum Gasteiger partial charge on any atom is -0.465 e. The Morgan fingerprint density at radius 3 is 2.58 bits per heavy atom. The van der Waals surface area contributed by atoms with E-state index in [1.165, 1.54) is 15.6 Å². The highest BCUT2D eigenvalue weighted by Crippen LogP contribution is 2.36. The number of fused-ring (bicyclic) bond motifs is 2. The zero-order chi connectivity index (χ0) is 23.2. The molecule has 3 atom stereocenters. The van der Waals surface area contributed by atoms with E-state index in [-0.39, 0.29) is 28.1 Å². The zero-order valence-corrected chi connectivity index (χ0v) is 20.1. The Morgan fingerprint density at radius 1 is 1.21 bits per heavy atom. The zero-order valence-electron chi connectivity index (χ0n) is 17.7. The van der Waals surface area contributed by atoms with E-state index in [2.05, 4.69) is 15.2 Å². The quantitative estimate of drug-likeness (QED) is 0.507. The first-order chi connectivity index (χ1) is 15.8. The summed E-state index contributed by atoms with van der Waals surface area (Å²) in [5.74, 6) is 0.485. The van der Waals surface area contributed by atoms with Crippen molar-refractivity contribution in [2.45, 2.75) is 17.5 Å². The molecule has 0 spiro atoms. The SMILES string of the molecule is O=C(O)NC(CCN1CC2CN(S(=O)(=O)c3c(Cl)nc4sccn34)C[C@@H]2C1)c1ccccc1. The Hall–Kier alpha value is -2.18. The van der Waals surface area contributed by atoms with Crippen molar-refractivity contribution in [2.75, 3.05) is 32.7 Å². The third kappa shape index (κ3) is 4.35. The van der Waals surface area contributed by atoms with Crippen LogP contribution in [0.5, 0.6) is 0 Å². The molecule has 2 unspecified atom stereocenters. The number of amides is 1. The number of sulfonamides is 1. The fraction of sp³-hybridized carbons (Fsp3) is 0.429. The normalized spacial score (nSPS) is 22.6. The molecule has 0 bridgehead atoms. The summed E-state index contributed by atoms with van der Waals surface area (Å²) in [4.78, 5) is 18.3. The predicted octanol–water partition coefficient (Wildman–Crippen LogP) is 3.00. The molecule has 1 aromatic carbocycles. The van der Waals surface area contributed by atoms with Gasteiger partial charge in [0.15, 0.2) is 15.1 Å². The summed E-state index contributed by atoms with van der Waals surface area (Å²) in [6.45, 7) is 3.22. The van der Waals surface area contributed by atoms with E-state index in [1.54, 1.807) is 16.0 Å². The Labute approximate surface area is 200 Å². The van der Waals surface area contributed by atoms with Crippen LogP contribution in [0.3, 0.4) is 0 Å². The van der Waals surface area contributed by atoms with Crippen molar-refractivity contribution < 1.29 is 18.3 Å². The molecule has 3 aromatic rings. The van der Waals surface area contributed by atoms with Crippen LogP contribution in [0.1, 0.15) is 18.0 Å². The molecule has 2 N–H and O–H groups in total. The monoisotopic (exact) mass is 509 g/mol. The van der Waals surface area contributed by atoms with Gasteiger partial charge in [-0.05, 0) is 23.8 Å². The minimum atomic E-state index is -3.74. The van der Waals surface area contributed by atoms with E-state index in [1.807, 2.05) is 30.3 Å². The molecule has 9 nitrogen and oxygen atoms in total. The molecule has 33 heavy (non-hydrogen) atoms. The van der Waals surface area contributed by atoms with Crippen LogP contribution < -0.4 is 5.32 Å². The number of nitrogens with zero attached hydrogens (tertiary/aromatic N) is 4. The number of benzene rings is 1. The number of aromatic nitrogens is 2. The number of hydrogen-bond acceptors (Lipinski definition) is 6. The van der Waals surface area contributed by atoms with Crippen molar-refractivity contribution in [1.82, 2.24) is 23.9 Å². The lowest BCUT2D eigenvalue weighted by Gasteiger charge is -2.24. The van der Waals surface area contributed by atoms with Crippen LogP contribution in [0, 0.1) is 11.8 Å². The van der Waals surface area contributed by atoms with Crippen molar-refractivity contribution >= 4 is 44.0 Å². The molecule has 2 aliphatic heterocycles. The standard InChI is InChI=1S/C21H24ClN5O4S2/c22-18-19(27-8-9-32-20(27)24-18)33(30,31)26-12-15-10-25(11-16(15)13-26)7-6-17(23-21(28)29)14-4-2-1-3-5-14/h1-5,8-9,15-17,23H,6-7,10-13H2,(H,28,29)/t15-,16?,17?/m0/s1. The summed E-state index contributed by atoms with van der Waals surface area (Å²) in [5, 5.41) is 13.7. The van der Waals surface area contributed by atoms with Crippen LogP contribution in [-0.4, -0.2) is 70.9 Å². The van der Waals surface area contributed by atoms with Gasteiger partial charge in [0.1, 0.15) is 0 Å². The van der Waals surface area contributed by atoms with Gasteiger partial charge in [-0.3, -0.25) is 4.40 Å². The predicted molar refractivity (Wildman–Crippen MR) is 125 cm³/mol. The number of imidazole rings is 1. The fourth-order valence-electron chi connectivity index (χ4n) is 4.99. The van der Waals surface area contributed by atoms with E-state index in [4.69, 9.17) is 11.6 Å². The van der Waals surface area contributed by atoms with E-state index < -0.39 is 16.1 Å². The highest BCUT2D eigenvalue weighted by atomic mass is 35.5. The number of hydrogen-bond donors (Lipinski definition) is 2. The molecule has 2 fully saturated rings.